The smallest absolute Gasteiger partial charge is 0.271 e. The third-order valence-corrected chi connectivity index (χ3v) is 1.78. The molecule has 0 spiro atoms. The van der Waals surface area contributed by atoms with E-state index in [2.05, 4.69) is 17.5 Å². The Morgan fingerprint density at radius 1 is 1.60 bits per heavy atom. The number of aliphatic hydroxyl groups is 1. The van der Waals surface area contributed by atoms with E-state index in [1.165, 1.54) is 12.1 Å². The number of rotatable bonds is 2. The zero-order chi connectivity index (χ0) is 10.7. The van der Waals surface area contributed by atoms with Gasteiger partial charge in [0, 0.05) is 12.1 Å². The fourth-order valence-electron chi connectivity index (χ4n) is 0.973. The number of thiocarbonyl (C=S) groups is 1. The lowest BCUT2D eigenvalue weighted by Crippen LogP contribution is -2.08. The van der Waals surface area contributed by atoms with Crippen molar-refractivity contribution < 1.29 is 10.0 Å². The quantitative estimate of drug-likeness (QED) is 0.478. The van der Waals surface area contributed by atoms with Gasteiger partial charge in [0.05, 0.1) is 10.6 Å². The fraction of sp³-hybridized carbons (Fsp3) is 0.125. The predicted octanol–water partition coefficient (Wildman–Crippen LogP) is 2.58. The average Bonchev–Trinajstić information content (AvgIpc) is 2.07. The molecule has 0 heterocycles. The molecule has 0 aromatic heterocycles. The first-order chi connectivity index (χ1) is 6.50. The van der Waals surface area contributed by atoms with Gasteiger partial charge in [0.2, 0.25) is 0 Å². The Balaban J connectivity index is 0.00000196. The van der Waals surface area contributed by atoms with Crippen LogP contribution in [0.3, 0.4) is 0 Å². The van der Waals surface area contributed by atoms with Crippen molar-refractivity contribution in [1.82, 2.24) is 0 Å². The highest BCUT2D eigenvalue weighted by Gasteiger charge is 2.08. The summed E-state index contributed by atoms with van der Waals surface area (Å²) in [5.41, 5.74) is 1.16. The number of nitro benzene ring substituents is 1. The molecule has 0 unspecified atom stereocenters. The maximum absolute atomic E-state index is 10.4. The van der Waals surface area contributed by atoms with Gasteiger partial charge in [-0.25, -0.2) is 0 Å². The second kappa shape index (κ2) is 5.47. The van der Waals surface area contributed by atoms with Gasteiger partial charge in [0.25, 0.3) is 10.9 Å². The fourth-order valence-corrected chi connectivity index (χ4v) is 1.08. The number of anilines is 1. The van der Waals surface area contributed by atoms with E-state index >= 15 is 0 Å². The second-order valence-electron chi connectivity index (χ2n) is 2.69. The van der Waals surface area contributed by atoms with Crippen LogP contribution >= 0.6 is 24.6 Å². The van der Waals surface area contributed by atoms with Crippen LogP contribution in [0.15, 0.2) is 18.2 Å². The standard InChI is InChI=1S/C8H8N2O3S.ClH/c1-5-2-3-6(10(12)13)4-7(5)9-8(11)14;/h2-4H,1H3,(H2,9,11,14);1H. The summed E-state index contributed by atoms with van der Waals surface area (Å²) in [5, 5.41) is 21.3. The van der Waals surface area contributed by atoms with E-state index in [0.717, 1.165) is 5.56 Å². The summed E-state index contributed by atoms with van der Waals surface area (Å²) in [6.07, 6.45) is 0. The molecule has 0 bridgehead atoms. The topological polar surface area (TPSA) is 75.4 Å². The molecule has 0 saturated carbocycles. The average molecular weight is 249 g/mol. The number of nitrogens with one attached hydrogen (secondary N) is 1. The number of hydrogen-bond donors (Lipinski definition) is 2. The minimum absolute atomic E-state index is 0. The van der Waals surface area contributed by atoms with Gasteiger partial charge in [-0.05, 0) is 24.7 Å². The SMILES string of the molecule is Cc1ccc([N+](=O)[O-])cc1NC(O)=S.Cl. The molecule has 1 aromatic carbocycles. The van der Waals surface area contributed by atoms with Gasteiger partial charge >= 0.3 is 0 Å². The highest BCUT2D eigenvalue weighted by Crippen LogP contribution is 2.21. The minimum Gasteiger partial charge on any atom is -0.486 e. The molecule has 0 aliphatic heterocycles. The van der Waals surface area contributed by atoms with Crippen LogP contribution in [0, 0.1) is 17.0 Å². The lowest BCUT2D eigenvalue weighted by atomic mass is 10.2. The van der Waals surface area contributed by atoms with Crippen molar-refractivity contribution in [2.45, 2.75) is 6.92 Å². The van der Waals surface area contributed by atoms with Crippen molar-refractivity contribution >= 4 is 41.2 Å². The molecule has 0 saturated heterocycles. The summed E-state index contributed by atoms with van der Waals surface area (Å²) in [6.45, 7) is 1.75. The molecule has 1 rings (SSSR count). The van der Waals surface area contributed by atoms with Gasteiger partial charge in [-0.15, -0.1) is 12.4 Å². The predicted molar refractivity (Wildman–Crippen MR) is 63.9 cm³/mol. The van der Waals surface area contributed by atoms with Gasteiger partial charge in [0.1, 0.15) is 0 Å². The van der Waals surface area contributed by atoms with E-state index in [0.29, 0.717) is 5.69 Å². The third-order valence-electron chi connectivity index (χ3n) is 1.67. The molecule has 82 valence electrons. The van der Waals surface area contributed by atoms with Gasteiger partial charge in [-0.2, -0.15) is 0 Å². The monoisotopic (exact) mass is 248 g/mol. The number of nitrogens with zero attached hydrogens (tertiary/aromatic N) is 1. The Morgan fingerprint density at radius 3 is 2.67 bits per heavy atom. The normalized spacial score (nSPS) is 8.87. The molecule has 1 aromatic rings. The Labute approximate surface area is 97.7 Å². The van der Waals surface area contributed by atoms with Gasteiger partial charge in [-0.3, -0.25) is 10.1 Å². The molecule has 15 heavy (non-hydrogen) atoms. The van der Waals surface area contributed by atoms with Crippen molar-refractivity contribution in [2.24, 2.45) is 0 Å². The van der Waals surface area contributed by atoms with Gasteiger partial charge in [0.15, 0.2) is 0 Å². The first-order valence-electron chi connectivity index (χ1n) is 3.75. The largest absolute Gasteiger partial charge is 0.486 e. The Bertz CT molecular complexity index is 397. The summed E-state index contributed by atoms with van der Waals surface area (Å²) in [4.78, 5) is 9.92. The number of hydrogen-bond acceptors (Lipinski definition) is 3. The number of halogens is 1. The molecular weight excluding hydrogens is 240 g/mol. The van der Waals surface area contributed by atoms with Crippen LogP contribution in [0.25, 0.3) is 0 Å². The van der Waals surface area contributed by atoms with Crippen molar-refractivity contribution in [2.75, 3.05) is 5.32 Å². The first kappa shape index (κ1) is 13.6. The molecule has 0 aliphatic carbocycles. The number of aryl methyl sites for hydroxylation is 1. The van der Waals surface area contributed by atoms with Crippen LogP contribution in [0.1, 0.15) is 5.56 Å². The summed E-state index contributed by atoms with van der Waals surface area (Å²) < 4.78 is 0. The summed E-state index contributed by atoms with van der Waals surface area (Å²) in [7, 11) is 0. The van der Waals surface area contributed by atoms with Crippen molar-refractivity contribution in [3.8, 4) is 0 Å². The van der Waals surface area contributed by atoms with Crippen molar-refractivity contribution in [3.05, 3.63) is 33.9 Å². The maximum Gasteiger partial charge on any atom is 0.271 e. The highest BCUT2D eigenvalue weighted by molar-refractivity contribution is 7.80. The van der Waals surface area contributed by atoms with Gasteiger partial charge < -0.3 is 10.4 Å². The van der Waals surface area contributed by atoms with E-state index in [4.69, 9.17) is 5.11 Å². The highest BCUT2D eigenvalue weighted by atomic mass is 35.5. The number of aliphatic hydroxyl groups excluding tert-OH is 1. The number of non-ortho nitro benzene ring substituents is 1. The van der Waals surface area contributed by atoms with Crippen molar-refractivity contribution in [1.29, 1.82) is 0 Å². The van der Waals surface area contributed by atoms with E-state index in [-0.39, 0.29) is 18.1 Å². The Kier molecular flexibility index (Phi) is 4.96. The molecule has 2 N–H and O–H groups in total. The van der Waals surface area contributed by atoms with Crippen LogP contribution < -0.4 is 5.32 Å². The molecular formula is C8H9ClN2O3S. The first-order valence-corrected chi connectivity index (χ1v) is 4.16. The number of benzene rings is 1. The van der Waals surface area contributed by atoms with Crippen LogP contribution in [0.2, 0.25) is 0 Å². The molecule has 0 radical (unpaired) electrons. The lowest BCUT2D eigenvalue weighted by Gasteiger charge is -2.05. The lowest BCUT2D eigenvalue weighted by molar-refractivity contribution is -0.384. The summed E-state index contributed by atoms with van der Waals surface area (Å²) >= 11 is 4.42. The summed E-state index contributed by atoms with van der Waals surface area (Å²) in [6, 6.07) is 4.29. The van der Waals surface area contributed by atoms with E-state index < -0.39 is 10.1 Å². The van der Waals surface area contributed by atoms with Crippen LogP contribution in [-0.4, -0.2) is 15.2 Å². The second-order valence-corrected chi connectivity index (χ2v) is 3.07. The minimum atomic E-state index is -0.509. The maximum atomic E-state index is 10.4. The van der Waals surface area contributed by atoms with Crippen LogP contribution in [0.4, 0.5) is 11.4 Å². The zero-order valence-electron chi connectivity index (χ0n) is 7.76. The molecule has 0 fully saturated rings. The van der Waals surface area contributed by atoms with E-state index in [1.807, 2.05) is 0 Å². The summed E-state index contributed by atoms with van der Waals surface area (Å²) in [5.74, 6) is 0. The molecule has 5 nitrogen and oxygen atoms in total. The van der Waals surface area contributed by atoms with E-state index in [9.17, 15) is 10.1 Å². The molecule has 0 atom stereocenters. The Hall–Kier alpha value is -1.40. The van der Waals surface area contributed by atoms with Crippen LogP contribution in [0.5, 0.6) is 0 Å². The van der Waals surface area contributed by atoms with E-state index in [1.54, 1.807) is 13.0 Å². The van der Waals surface area contributed by atoms with Crippen LogP contribution in [-0.2, 0) is 0 Å². The molecule has 0 aliphatic rings. The molecule has 7 heteroatoms. The zero-order valence-corrected chi connectivity index (χ0v) is 9.39. The van der Waals surface area contributed by atoms with Crippen molar-refractivity contribution in [3.63, 3.8) is 0 Å². The Morgan fingerprint density at radius 2 is 2.20 bits per heavy atom. The van der Waals surface area contributed by atoms with Gasteiger partial charge in [-0.1, -0.05) is 6.07 Å². The molecule has 0 amide bonds. The number of nitro groups is 1. The third kappa shape index (κ3) is 3.69.